The van der Waals surface area contributed by atoms with Crippen molar-refractivity contribution in [1.29, 1.82) is 0 Å². The molecule has 0 saturated carbocycles. The van der Waals surface area contributed by atoms with E-state index in [9.17, 15) is 9.59 Å². The number of aryl methyl sites for hydroxylation is 1. The van der Waals surface area contributed by atoms with Crippen molar-refractivity contribution in [3.63, 3.8) is 0 Å². The molecule has 1 amide bonds. The molecule has 0 unspecified atom stereocenters. The molecular weight excluding hydrogens is 422 g/mol. The van der Waals surface area contributed by atoms with Crippen LogP contribution in [-0.2, 0) is 14.3 Å². The number of esters is 1. The molecule has 3 aromatic rings. The van der Waals surface area contributed by atoms with E-state index in [1.165, 1.54) is 23.2 Å². The van der Waals surface area contributed by atoms with Gasteiger partial charge >= 0.3 is 5.97 Å². The lowest BCUT2D eigenvalue weighted by Gasteiger charge is -2.18. The summed E-state index contributed by atoms with van der Waals surface area (Å²) < 4.78 is 5.30. The van der Waals surface area contributed by atoms with Crippen LogP contribution in [0.2, 0.25) is 5.02 Å². The van der Waals surface area contributed by atoms with Crippen LogP contribution in [0.4, 0.5) is 10.8 Å². The van der Waals surface area contributed by atoms with Gasteiger partial charge in [0, 0.05) is 22.9 Å². The summed E-state index contributed by atoms with van der Waals surface area (Å²) in [6.07, 6.45) is 1.54. The Morgan fingerprint density at radius 1 is 1.20 bits per heavy atom. The number of hydrogen-bond acceptors (Lipinski definition) is 6. The van der Waals surface area contributed by atoms with Gasteiger partial charge in [-0.2, -0.15) is 0 Å². The molecule has 30 heavy (non-hydrogen) atoms. The maximum atomic E-state index is 12.2. The monoisotopic (exact) mass is 437 g/mol. The molecule has 0 bridgehead atoms. The lowest BCUT2D eigenvalue weighted by atomic mass is 10.1. The summed E-state index contributed by atoms with van der Waals surface area (Å²) in [6, 6.07) is 14.5. The minimum absolute atomic E-state index is 0.153. The first-order valence-corrected chi connectivity index (χ1v) is 10.3. The highest BCUT2D eigenvalue weighted by molar-refractivity contribution is 7.14. The van der Waals surface area contributed by atoms with Crippen LogP contribution in [0.3, 0.4) is 0 Å². The highest BCUT2D eigenvalue weighted by atomic mass is 35.5. The molecule has 150 valence electrons. The number of benzene rings is 2. The van der Waals surface area contributed by atoms with Crippen molar-refractivity contribution in [2.75, 3.05) is 4.90 Å². The van der Waals surface area contributed by atoms with Crippen molar-refractivity contribution in [2.24, 2.45) is 4.99 Å². The SMILES string of the molecule is CC(=O)N(c1cccc(Cl)c1)c1nc(/C=C2/N=C(c3cccc(C)c3)OC2=O)cs1. The fourth-order valence-corrected chi connectivity index (χ4v) is 3.97. The minimum atomic E-state index is -0.542. The third-order valence-electron chi connectivity index (χ3n) is 4.25. The summed E-state index contributed by atoms with van der Waals surface area (Å²) in [5.74, 6) is -0.486. The van der Waals surface area contributed by atoms with E-state index < -0.39 is 5.97 Å². The Bertz CT molecular complexity index is 1220. The van der Waals surface area contributed by atoms with Crippen LogP contribution in [0.25, 0.3) is 6.08 Å². The lowest BCUT2D eigenvalue weighted by Crippen LogP contribution is -2.22. The Labute approximate surface area is 182 Å². The number of thiazole rings is 1. The van der Waals surface area contributed by atoms with Crippen molar-refractivity contribution < 1.29 is 14.3 Å². The number of hydrogen-bond donors (Lipinski definition) is 0. The second-order valence-corrected chi connectivity index (χ2v) is 7.87. The number of nitrogens with zero attached hydrogens (tertiary/aromatic N) is 3. The maximum absolute atomic E-state index is 12.2. The van der Waals surface area contributed by atoms with Crippen molar-refractivity contribution in [1.82, 2.24) is 4.98 Å². The van der Waals surface area contributed by atoms with E-state index >= 15 is 0 Å². The van der Waals surface area contributed by atoms with Crippen LogP contribution in [0.15, 0.2) is 64.6 Å². The number of aromatic nitrogens is 1. The number of carbonyl (C=O) groups is 2. The molecule has 1 aromatic heterocycles. The lowest BCUT2D eigenvalue weighted by molar-refractivity contribution is -0.130. The second-order valence-electron chi connectivity index (χ2n) is 6.59. The Balaban J connectivity index is 1.64. The summed E-state index contributed by atoms with van der Waals surface area (Å²) in [5.41, 5.74) is 3.04. The third kappa shape index (κ3) is 4.17. The van der Waals surface area contributed by atoms with Gasteiger partial charge in [0.1, 0.15) is 0 Å². The van der Waals surface area contributed by atoms with E-state index in [-0.39, 0.29) is 17.5 Å². The van der Waals surface area contributed by atoms with Crippen LogP contribution in [0.5, 0.6) is 0 Å². The van der Waals surface area contributed by atoms with Gasteiger partial charge in [-0.15, -0.1) is 11.3 Å². The molecule has 1 aliphatic rings. The summed E-state index contributed by atoms with van der Waals surface area (Å²) >= 11 is 7.34. The van der Waals surface area contributed by atoms with E-state index in [0.717, 1.165) is 11.1 Å². The predicted octanol–water partition coefficient (Wildman–Crippen LogP) is 5.13. The van der Waals surface area contributed by atoms with E-state index in [0.29, 0.717) is 21.5 Å². The first-order valence-electron chi connectivity index (χ1n) is 9.02. The summed E-state index contributed by atoms with van der Waals surface area (Å²) in [5, 5.41) is 2.73. The zero-order valence-electron chi connectivity index (χ0n) is 16.1. The standard InChI is InChI=1S/C22H16ClN3O3S/c1-13-5-3-6-15(9-13)20-25-19(21(28)29-20)11-17-12-30-22(24-17)26(14(2)27)18-8-4-7-16(23)10-18/h3-12H,1-2H3/b19-11+. The maximum Gasteiger partial charge on any atom is 0.363 e. The van der Waals surface area contributed by atoms with Crippen LogP contribution in [-0.4, -0.2) is 22.8 Å². The Kier molecular flexibility index (Phi) is 5.48. The molecule has 6 nitrogen and oxygen atoms in total. The normalized spacial score (nSPS) is 14.6. The van der Waals surface area contributed by atoms with Gasteiger partial charge in [-0.05, 0) is 43.3 Å². The molecule has 2 aromatic carbocycles. The Morgan fingerprint density at radius 3 is 2.73 bits per heavy atom. The molecule has 0 radical (unpaired) electrons. The quantitative estimate of drug-likeness (QED) is 0.418. The third-order valence-corrected chi connectivity index (χ3v) is 5.33. The molecule has 0 atom stereocenters. The Hall–Kier alpha value is -3.29. The molecule has 1 aliphatic heterocycles. The first-order chi connectivity index (χ1) is 14.4. The van der Waals surface area contributed by atoms with E-state index in [1.807, 2.05) is 31.2 Å². The highest BCUT2D eigenvalue weighted by Crippen LogP contribution is 2.31. The van der Waals surface area contributed by atoms with E-state index in [4.69, 9.17) is 16.3 Å². The summed E-state index contributed by atoms with van der Waals surface area (Å²) in [4.78, 5) is 34.7. The van der Waals surface area contributed by atoms with Crippen LogP contribution in [0, 0.1) is 6.92 Å². The molecule has 0 spiro atoms. The fourth-order valence-electron chi connectivity index (χ4n) is 2.94. The zero-order chi connectivity index (χ0) is 21.3. The number of amides is 1. The fraction of sp³-hybridized carbons (Fsp3) is 0.0909. The molecule has 8 heteroatoms. The topological polar surface area (TPSA) is 71.9 Å². The van der Waals surface area contributed by atoms with Crippen LogP contribution < -0.4 is 4.90 Å². The minimum Gasteiger partial charge on any atom is -0.402 e. The number of anilines is 2. The molecular formula is C22H16ClN3O3S. The number of cyclic esters (lactones) is 1. The van der Waals surface area contributed by atoms with Crippen LogP contribution in [0.1, 0.15) is 23.7 Å². The molecule has 4 rings (SSSR count). The van der Waals surface area contributed by atoms with Crippen molar-refractivity contribution in [3.8, 4) is 0 Å². The van der Waals surface area contributed by atoms with Gasteiger partial charge in [0.05, 0.1) is 11.4 Å². The van der Waals surface area contributed by atoms with Gasteiger partial charge in [0.2, 0.25) is 11.8 Å². The first kappa shape index (κ1) is 20.0. The number of halogens is 1. The van der Waals surface area contributed by atoms with E-state index in [1.54, 1.807) is 35.7 Å². The predicted molar refractivity (Wildman–Crippen MR) is 118 cm³/mol. The zero-order valence-corrected chi connectivity index (χ0v) is 17.7. The van der Waals surface area contributed by atoms with Crippen molar-refractivity contribution in [3.05, 3.63) is 81.5 Å². The summed E-state index contributed by atoms with van der Waals surface area (Å²) in [7, 11) is 0. The van der Waals surface area contributed by atoms with Crippen molar-refractivity contribution >= 4 is 57.6 Å². The molecule has 0 fully saturated rings. The average Bonchev–Trinajstić information content (AvgIpc) is 3.29. The number of carbonyl (C=O) groups excluding carboxylic acids is 2. The Morgan fingerprint density at radius 2 is 2.00 bits per heavy atom. The second kappa shape index (κ2) is 8.22. The van der Waals surface area contributed by atoms with E-state index in [2.05, 4.69) is 9.98 Å². The number of aliphatic imine (C=N–C) groups is 1. The van der Waals surface area contributed by atoms with Gasteiger partial charge in [-0.3, -0.25) is 9.69 Å². The van der Waals surface area contributed by atoms with Gasteiger partial charge in [0.25, 0.3) is 0 Å². The average molecular weight is 438 g/mol. The molecule has 0 aliphatic carbocycles. The van der Waals surface area contributed by atoms with Gasteiger partial charge in [-0.1, -0.05) is 35.4 Å². The van der Waals surface area contributed by atoms with Gasteiger partial charge < -0.3 is 4.74 Å². The van der Waals surface area contributed by atoms with Gasteiger partial charge in [-0.25, -0.2) is 14.8 Å². The summed E-state index contributed by atoms with van der Waals surface area (Å²) in [6.45, 7) is 3.41. The number of rotatable bonds is 4. The molecule has 0 N–H and O–H groups in total. The number of ether oxygens (including phenoxy) is 1. The largest absolute Gasteiger partial charge is 0.402 e. The van der Waals surface area contributed by atoms with Crippen LogP contribution >= 0.6 is 22.9 Å². The van der Waals surface area contributed by atoms with Crippen molar-refractivity contribution in [2.45, 2.75) is 13.8 Å². The van der Waals surface area contributed by atoms with Gasteiger partial charge in [0.15, 0.2) is 10.8 Å². The smallest absolute Gasteiger partial charge is 0.363 e. The molecule has 0 saturated heterocycles. The molecule has 2 heterocycles. The highest BCUT2D eigenvalue weighted by Gasteiger charge is 2.25.